The molecule has 7 nitrogen and oxygen atoms in total. The Balaban J connectivity index is 1.70. The minimum absolute atomic E-state index is 0.00273. The van der Waals surface area contributed by atoms with Crippen LogP contribution in [0.3, 0.4) is 0 Å². The molecule has 206 valence electrons. The number of hydrogen-bond acceptors (Lipinski definition) is 5. The summed E-state index contributed by atoms with van der Waals surface area (Å²) in [7, 11) is 0. The molecule has 0 aliphatic heterocycles. The van der Waals surface area contributed by atoms with E-state index in [1.54, 1.807) is 18.2 Å². The molecule has 0 spiro atoms. The Labute approximate surface area is 231 Å². The molecule has 0 amide bonds. The van der Waals surface area contributed by atoms with Crippen LogP contribution in [0.1, 0.15) is 34.3 Å². The molecule has 4 aromatic rings. The number of carbonyl (C=O) groups is 2. The quantitative estimate of drug-likeness (QED) is 0.156. The molecule has 0 saturated heterocycles. The summed E-state index contributed by atoms with van der Waals surface area (Å²) in [6.45, 7) is 1.22. The fourth-order valence-electron chi connectivity index (χ4n) is 4.37. The highest BCUT2D eigenvalue weighted by atomic mass is 35.5. The predicted octanol–water partition coefficient (Wildman–Crippen LogP) is 7.38. The van der Waals surface area contributed by atoms with Crippen LogP contribution < -0.4 is 4.74 Å². The van der Waals surface area contributed by atoms with Crippen LogP contribution in [0.25, 0.3) is 22.4 Å². The largest absolute Gasteiger partial charge is 0.511 e. The molecule has 4 rings (SSSR count). The third-order valence-corrected chi connectivity index (χ3v) is 6.87. The van der Waals surface area contributed by atoms with Crippen molar-refractivity contribution >= 4 is 23.7 Å². The van der Waals surface area contributed by atoms with Gasteiger partial charge in [-0.25, -0.2) is 9.59 Å². The highest BCUT2D eigenvalue weighted by molar-refractivity contribution is 6.31. The van der Waals surface area contributed by atoms with Gasteiger partial charge in [-0.05, 0) is 64.7 Å². The van der Waals surface area contributed by atoms with E-state index in [0.717, 1.165) is 18.3 Å². The topological polar surface area (TPSA) is 117 Å². The average molecular weight is 572 g/mol. The summed E-state index contributed by atoms with van der Waals surface area (Å²) in [5.74, 6) is -2.61. The molecule has 0 saturated carbocycles. The lowest BCUT2D eigenvalue weighted by Gasteiger charge is -2.37. The maximum Gasteiger partial charge on any atom is 0.511 e. The first kappa shape index (κ1) is 28.6. The van der Waals surface area contributed by atoms with Crippen LogP contribution in [0.15, 0.2) is 85.1 Å². The molecule has 0 aliphatic carbocycles. The van der Waals surface area contributed by atoms with Gasteiger partial charge in [0.05, 0.1) is 11.3 Å². The summed E-state index contributed by atoms with van der Waals surface area (Å²) in [4.78, 5) is 25.9. The van der Waals surface area contributed by atoms with E-state index in [4.69, 9.17) is 21.8 Å². The SMILES string of the molecule is CC(c1ccc(-c2ccc(OC(=O)O)cc2)cc1Cl)C(O)(c1ccnc(-c2ccc(C(=O)O)cc2)c1)C(F)(F)F. The average Bonchev–Trinajstić information content (AvgIpc) is 2.91. The van der Waals surface area contributed by atoms with Gasteiger partial charge in [-0.2, -0.15) is 13.2 Å². The lowest BCUT2D eigenvalue weighted by Crippen LogP contribution is -2.46. The van der Waals surface area contributed by atoms with Gasteiger partial charge < -0.3 is 20.1 Å². The Kier molecular flexibility index (Phi) is 7.86. The zero-order valence-electron chi connectivity index (χ0n) is 20.7. The second-order valence-electron chi connectivity index (χ2n) is 8.93. The summed E-state index contributed by atoms with van der Waals surface area (Å²) in [5, 5.41) is 29.1. The molecule has 1 aromatic heterocycles. The van der Waals surface area contributed by atoms with E-state index in [-0.39, 0.29) is 27.6 Å². The molecular weight excluding hydrogens is 551 g/mol. The molecule has 0 bridgehead atoms. The number of ether oxygens (including phenoxy) is 1. The van der Waals surface area contributed by atoms with Crippen LogP contribution in [-0.4, -0.2) is 38.6 Å². The van der Waals surface area contributed by atoms with E-state index in [2.05, 4.69) is 9.72 Å². The number of carboxylic acid groups (broad SMARTS) is 2. The van der Waals surface area contributed by atoms with Crippen molar-refractivity contribution in [2.24, 2.45) is 0 Å². The number of aliphatic hydroxyl groups is 1. The van der Waals surface area contributed by atoms with Crippen LogP contribution in [-0.2, 0) is 5.60 Å². The number of carboxylic acids is 1. The van der Waals surface area contributed by atoms with Gasteiger partial charge in [0, 0.05) is 22.7 Å². The van der Waals surface area contributed by atoms with Gasteiger partial charge in [0.15, 0.2) is 5.60 Å². The smallest absolute Gasteiger partial charge is 0.478 e. The zero-order chi connectivity index (χ0) is 29.2. The number of hydrogen-bond donors (Lipinski definition) is 3. The maximum atomic E-state index is 14.6. The number of benzene rings is 3. The van der Waals surface area contributed by atoms with E-state index in [9.17, 15) is 27.9 Å². The molecule has 11 heteroatoms. The monoisotopic (exact) mass is 571 g/mol. The normalized spacial score (nSPS) is 13.8. The van der Waals surface area contributed by atoms with E-state index in [1.165, 1.54) is 55.5 Å². The third kappa shape index (κ3) is 5.63. The van der Waals surface area contributed by atoms with Crippen molar-refractivity contribution in [1.82, 2.24) is 4.98 Å². The maximum absolute atomic E-state index is 14.6. The van der Waals surface area contributed by atoms with Crippen LogP contribution in [0.5, 0.6) is 5.75 Å². The van der Waals surface area contributed by atoms with Crippen LogP contribution in [0.2, 0.25) is 5.02 Å². The number of aromatic carboxylic acids is 1. The Morgan fingerprint density at radius 3 is 2.02 bits per heavy atom. The van der Waals surface area contributed by atoms with Gasteiger partial charge in [-0.1, -0.05) is 54.9 Å². The second-order valence-corrected chi connectivity index (χ2v) is 9.33. The highest BCUT2D eigenvalue weighted by Crippen LogP contribution is 2.50. The molecule has 0 aliphatic rings. The number of aromatic nitrogens is 1. The van der Waals surface area contributed by atoms with E-state index >= 15 is 0 Å². The minimum atomic E-state index is -5.11. The van der Waals surface area contributed by atoms with Crippen molar-refractivity contribution in [1.29, 1.82) is 0 Å². The first-order valence-electron chi connectivity index (χ1n) is 11.7. The number of halogens is 4. The standard InChI is InChI=1S/C29H21ClF3NO6/c1-16(23-11-8-20(14-24(23)30)17-6-9-22(10-7-17)40-27(37)38)28(39,29(31,32)33)21-12-13-34-25(15-21)18-2-4-19(5-3-18)26(35)36/h2-16,39H,1H3,(H,35,36)(H,37,38). The molecule has 3 aromatic carbocycles. The number of nitrogens with zero attached hydrogens (tertiary/aromatic N) is 1. The Morgan fingerprint density at radius 2 is 1.48 bits per heavy atom. The number of alkyl halides is 3. The Hall–Kier alpha value is -4.41. The van der Waals surface area contributed by atoms with Crippen molar-refractivity contribution < 1.29 is 42.8 Å². The first-order chi connectivity index (χ1) is 18.8. The minimum Gasteiger partial charge on any atom is -0.478 e. The van der Waals surface area contributed by atoms with E-state index < -0.39 is 35.4 Å². The summed E-state index contributed by atoms with van der Waals surface area (Å²) in [6, 6.07) is 18.0. The fraction of sp³-hybridized carbons (Fsp3) is 0.138. The van der Waals surface area contributed by atoms with E-state index in [1.807, 2.05) is 0 Å². The Morgan fingerprint density at radius 1 is 0.875 bits per heavy atom. The van der Waals surface area contributed by atoms with Crippen LogP contribution in [0.4, 0.5) is 18.0 Å². The summed E-state index contributed by atoms with van der Waals surface area (Å²) in [5.41, 5.74) is -2.14. The molecule has 0 radical (unpaired) electrons. The molecular formula is C29H21ClF3NO6. The fourth-order valence-corrected chi connectivity index (χ4v) is 4.71. The third-order valence-electron chi connectivity index (χ3n) is 6.55. The second kappa shape index (κ2) is 11.0. The van der Waals surface area contributed by atoms with Crippen molar-refractivity contribution in [3.63, 3.8) is 0 Å². The molecule has 0 fully saturated rings. The van der Waals surface area contributed by atoms with E-state index in [0.29, 0.717) is 16.7 Å². The molecule has 2 atom stereocenters. The lowest BCUT2D eigenvalue weighted by atomic mass is 9.77. The summed E-state index contributed by atoms with van der Waals surface area (Å²) in [6.07, 6.45) is -5.44. The van der Waals surface area contributed by atoms with Gasteiger partial charge in [-0.3, -0.25) is 4.98 Å². The molecule has 3 N–H and O–H groups in total. The van der Waals surface area contributed by atoms with Crippen molar-refractivity contribution in [3.8, 4) is 28.1 Å². The zero-order valence-corrected chi connectivity index (χ0v) is 21.4. The number of rotatable bonds is 7. The highest BCUT2D eigenvalue weighted by Gasteiger charge is 2.59. The van der Waals surface area contributed by atoms with Gasteiger partial charge in [0.2, 0.25) is 0 Å². The Bertz CT molecular complexity index is 1560. The first-order valence-corrected chi connectivity index (χ1v) is 12.1. The number of pyridine rings is 1. The summed E-state index contributed by atoms with van der Waals surface area (Å²) < 4.78 is 48.3. The molecule has 1 heterocycles. The lowest BCUT2D eigenvalue weighted by molar-refractivity contribution is -0.274. The predicted molar refractivity (Wildman–Crippen MR) is 141 cm³/mol. The van der Waals surface area contributed by atoms with Crippen LogP contribution >= 0.6 is 11.6 Å². The van der Waals surface area contributed by atoms with Gasteiger partial charge in [-0.15, -0.1) is 0 Å². The van der Waals surface area contributed by atoms with Crippen molar-refractivity contribution in [2.45, 2.75) is 24.6 Å². The molecule has 2 unspecified atom stereocenters. The van der Waals surface area contributed by atoms with Crippen molar-refractivity contribution in [3.05, 3.63) is 107 Å². The van der Waals surface area contributed by atoms with Crippen molar-refractivity contribution in [2.75, 3.05) is 0 Å². The van der Waals surface area contributed by atoms with Gasteiger partial charge >= 0.3 is 18.3 Å². The summed E-state index contributed by atoms with van der Waals surface area (Å²) >= 11 is 6.44. The van der Waals surface area contributed by atoms with Gasteiger partial charge in [0.25, 0.3) is 0 Å². The van der Waals surface area contributed by atoms with Gasteiger partial charge in [0.1, 0.15) is 5.75 Å². The van der Waals surface area contributed by atoms with Crippen LogP contribution in [0, 0.1) is 0 Å². The molecule has 40 heavy (non-hydrogen) atoms.